The Morgan fingerprint density at radius 1 is 1.04 bits per heavy atom. The topological polar surface area (TPSA) is 41.1 Å². The van der Waals surface area contributed by atoms with Gasteiger partial charge in [0.2, 0.25) is 0 Å². The number of anilines is 1. The van der Waals surface area contributed by atoms with Crippen LogP contribution in [0.3, 0.4) is 0 Å². The summed E-state index contributed by atoms with van der Waals surface area (Å²) in [6.45, 7) is 4.15. The maximum absolute atomic E-state index is 13.2. The largest absolute Gasteiger partial charge is 0.368 e. The molecule has 0 aliphatic carbocycles. The van der Waals surface area contributed by atoms with E-state index in [1.54, 1.807) is 12.1 Å². The summed E-state index contributed by atoms with van der Waals surface area (Å²) >= 11 is 6.14. The van der Waals surface area contributed by atoms with Crippen molar-refractivity contribution in [2.75, 3.05) is 31.5 Å². The molecule has 134 valence electrons. The Morgan fingerprint density at radius 2 is 1.81 bits per heavy atom. The highest BCUT2D eigenvalue weighted by Crippen LogP contribution is 2.27. The summed E-state index contributed by atoms with van der Waals surface area (Å²) in [5.74, 6) is 1.06. The summed E-state index contributed by atoms with van der Waals surface area (Å²) in [6.07, 6.45) is 2.56. The molecular formula is C20H20ClFN4. The molecule has 3 aromatic rings. The van der Waals surface area contributed by atoms with Gasteiger partial charge >= 0.3 is 0 Å². The second kappa shape index (κ2) is 7.56. The Bertz CT molecular complexity index is 908. The molecule has 0 atom stereocenters. The molecule has 0 unspecified atom stereocenters. The van der Waals surface area contributed by atoms with Gasteiger partial charge in [0.1, 0.15) is 11.6 Å². The molecule has 0 saturated carbocycles. The first-order valence-corrected chi connectivity index (χ1v) is 9.26. The molecule has 2 heterocycles. The highest BCUT2D eigenvalue weighted by Gasteiger charge is 2.13. The molecule has 1 aliphatic heterocycles. The third-order valence-corrected chi connectivity index (χ3v) is 4.92. The number of nitrogens with one attached hydrogen (secondary N) is 1. The molecule has 1 fully saturated rings. The Labute approximate surface area is 157 Å². The maximum atomic E-state index is 13.2. The fourth-order valence-electron chi connectivity index (χ4n) is 3.30. The Kier molecular flexibility index (Phi) is 5.00. The van der Waals surface area contributed by atoms with Crippen LogP contribution in [0.25, 0.3) is 22.3 Å². The van der Waals surface area contributed by atoms with E-state index in [0.29, 0.717) is 10.8 Å². The third-order valence-electron chi connectivity index (χ3n) is 4.68. The second-order valence-electron chi connectivity index (χ2n) is 6.54. The van der Waals surface area contributed by atoms with E-state index in [4.69, 9.17) is 11.6 Å². The molecule has 1 aromatic heterocycles. The van der Waals surface area contributed by atoms with Crippen LogP contribution in [0.1, 0.15) is 12.8 Å². The molecular weight excluding hydrogens is 351 g/mol. The van der Waals surface area contributed by atoms with Crippen LogP contribution in [0.4, 0.5) is 10.2 Å². The average molecular weight is 371 g/mol. The number of rotatable bonds is 5. The van der Waals surface area contributed by atoms with Gasteiger partial charge in [-0.1, -0.05) is 11.6 Å². The van der Waals surface area contributed by atoms with Crippen molar-refractivity contribution in [3.05, 3.63) is 53.3 Å². The van der Waals surface area contributed by atoms with Crippen molar-refractivity contribution in [3.63, 3.8) is 0 Å². The van der Waals surface area contributed by atoms with Crippen molar-refractivity contribution in [2.24, 2.45) is 0 Å². The molecule has 4 rings (SSSR count). The summed E-state index contributed by atoms with van der Waals surface area (Å²) in [7, 11) is 0. The summed E-state index contributed by atoms with van der Waals surface area (Å²) in [4.78, 5) is 11.8. The summed E-state index contributed by atoms with van der Waals surface area (Å²) in [6, 6.07) is 11.8. The Morgan fingerprint density at radius 3 is 2.58 bits per heavy atom. The number of likely N-dealkylation sites (tertiary alicyclic amines) is 1. The minimum atomic E-state index is -0.276. The number of nitrogens with zero attached hydrogens (tertiary/aromatic N) is 3. The predicted octanol–water partition coefficient (Wildman–Crippen LogP) is 4.60. The van der Waals surface area contributed by atoms with Crippen LogP contribution in [0.5, 0.6) is 0 Å². The smallest absolute Gasteiger partial charge is 0.162 e. The highest BCUT2D eigenvalue weighted by molar-refractivity contribution is 6.31. The van der Waals surface area contributed by atoms with Crippen LogP contribution in [0.15, 0.2) is 42.5 Å². The second-order valence-corrected chi connectivity index (χ2v) is 6.98. The van der Waals surface area contributed by atoms with Crippen molar-refractivity contribution in [1.82, 2.24) is 14.9 Å². The highest BCUT2D eigenvalue weighted by atomic mass is 35.5. The van der Waals surface area contributed by atoms with Crippen LogP contribution in [-0.4, -0.2) is 41.0 Å². The van der Waals surface area contributed by atoms with Gasteiger partial charge in [-0.15, -0.1) is 0 Å². The zero-order chi connectivity index (χ0) is 17.9. The van der Waals surface area contributed by atoms with E-state index in [1.807, 2.05) is 18.2 Å². The molecule has 0 spiro atoms. The lowest BCUT2D eigenvalue weighted by Gasteiger charge is -2.16. The fraction of sp³-hybridized carbons (Fsp3) is 0.300. The number of benzene rings is 2. The van der Waals surface area contributed by atoms with Gasteiger partial charge in [0.25, 0.3) is 0 Å². The number of aromatic nitrogens is 2. The molecule has 1 aliphatic rings. The van der Waals surface area contributed by atoms with E-state index in [2.05, 4.69) is 20.2 Å². The first kappa shape index (κ1) is 17.2. The first-order valence-electron chi connectivity index (χ1n) is 8.88. The monoisotopic (exact) mass is 370 g/mol. The number of halogens is 2. The lowest BCUT2D eigenvalue weighted by molar-refractivity contribution is 0.352. The zero-order valence-corrected chi connectivity index (χ0v) is 15.1. The van der Waals surface area contributed by atoms with Gasteiger partial charge in [-0.25, -0.2) is 14.4 Å². The minimum Gasteiger partial charge on any atom is -0.368 e. The molecule has 6 heteroatoms. The molecule has 0 radical (unpaired) electrons. The van der Waals surface area contributed by atoms with Crippen LogP contribution < -0.4 is 5.32 Å². The lowest BCUT2D eigenvalue weighted by Crippen LogP contribution is -2.26. The lowest BCUT2D eigenvalue weighted by atomic mass is 10.2. The van der Waals surface area contributed by atoms with E-state index in [9.17, 15) is 4.39 Å². The van der Waals surface area contributed by atoms with E-state index in [1.165, 1.54) is 38.1 Å². The minimum absolute atomic E-state index is 0.276. The van der Waals surface area contributed by atoms with Crippen molar-refractivity contribution in [3.8, 4) is 11.4 Å². The van der Waals surface area contributed by atoms with Gasteiger partial charge in [0.05, 0.1) is 5.52 Å². The standard InChI is InChI=1S/C20H20ClFN4/c21-15-5-8-17-18(13-15)24-19(14-3-6-16(22)7-4-14)25-20(17)23-9-12-26-10-1-2-11-26/h3-8,13H,1-2,9-12H2,(H,23,24,25). The molecule has 0 bridgehead atoms. The summed E-state index contributed by atoms with van der Waals surface area (Å²) in [5, 5.41) is 5.01. The van der Waals surface area contributed by atoms with E-state index in [0.717, 1.165) is 35.4 Å². The van der Waals surface area contributed by atoms with Gasteiger partial charge in [-0.3, -0.25) is 0 Å². The van der Waals surface area contributed by atoms with Gasteiger partial charge < -0.3 is 10.2 Å². The number of hydrogen-bond acceptors (Lipinski definition) is 4. The van der Waals surface area contributed by atoms with Crippen molar-refractivity contribution in [1.29, 1.82) is 0 Å². The molecule has 1 N–H and O–H groups in total. The van der Waals surface area contributed by atoms with Crippen LogP contribution in [0.2, 0.25) is 5.02 Å². The van der Waals surface area contributed by atoms with E-state index < -0.39 is 0 Å². The number of hydrogen-bond donors (Lipinski definition) is 1. The molecule has 4 nitrogen and oxygen atoms in total. The Hall–Kier alpha value is -2.24. The number of fused-ring (bicyclic) bond motifs is 1. The SMILES string of the molecule is Fc1ccc(-c2nc(NCCN3CCCC3)c3ccc(Cl)cc3n2)cc1. The van der Waals surface area contributed by atoms with Gasteiger partial charge in [0.15, 0.2) is 5.82 Å². The Balaban J connectivity index is 1.65. The molecule has 0 amide bonds. The zero-order valence-electron chi connectivity index (χ0n) is 14.4. The van der Waals surface area contributed by atoms with Gasteiger partial charge in [-0.2, -0.15) is 0 Å². The first-order chi connectivity index (χ1) is 12.7. The molecule has 1 saturated heterocycles. The van der Waals surface area contributed by atoms with Crippen LogP contribution in [0, 0.1) is 5.82 Å². The summed E-state index contributed by atoms with van der Waals surface area (Å²) < 4.78 is 13.2. The van der Waals surface area contributed by atoms with Crippen molar-refractivity contribution >= 4 is 28.3 Å². The summed E-state index contributed by atoms with van der Waals surface area (Å²) in [5.41, 5.74) is 1.55. The normalized spacial score (nSPS) is 14.8. The maximum Gasteiger partial charge on any atom is 0.162 e. The predicted molar refractivity (Wildman–Crippen MR) is 104 cm³/mol. The van der Waals surface area contributed by atoms with Crippen LogP contribution >= 0.6 is 11.6 Å². The third kappa shape index (κ3) is 3.79. The molecule has 2 aromatic carbocycles. The quantitative estimate of drug-likeness (QED) is 0.712. The van der Waals surface area contributed by atoms with Crippen LogP contribution in [-0.2, 0) is 0 Å². The van der Waals surface area contributed by atoms with Gasteiger partial charge in [0, 0.05) is 29.1 Å². The van der Waals surface area contributed by atoms with E-state index >= 15 is 0 Å². The average Bonchev–Trinajstić information content (AvgIpc) is 3.15. The van der Waals surface area contributed by atoms with Gasteiger partial charge in [-0.05, 0) is 68.4 Å². The van der Waals surface area contributed by atoms with Crippen molar-refractivity contribution in [2.45, 2.75) is 12.8 Å². The van der Waals surface area contributed by atoms with Crippen molar-refractivity contribution < 1.29 is 4.39 Å². The molecule has 26 heavy (non-hydrogen) atoms. The fourth-order valence-corrected chi connectivity index (χ4v) is 3.47. The van der Waals surface area contributed by atoms with E-state index in [-0.39, 0.29) is 5.82 Å².